The second-order valence-corrected chi connectivity index (χ2v) is 6.96. The van der Waals surface area contributed by atoms with Crippen LogP contribution in [0.3, 0.4) is 0 Å². The number of nitrogens with zero attached hydrogens (tertiary/aromatic N) is 2. The van der Waals surface area contributed by atoms with Gasteiger partial charge in [-0.1, -0.05) is 30.0 Å². The molecule has 0 aliphatic carbocycles. The molecule has 3 rings (SSSR count). The molecule has 2 heterocycles. The molecule has 1 atom stereocenters. The molecule has 0 spiro atoms. The molecule has 7 heteroatoms. The van der Waals surface area contributed by atoms with E-state index in [1.165, 1.54) is 4.90 Å². The van der Waals surface area contributed by atoms with Crippen molar-refractivity contribution in [2.75, 3.05) is 12.4 Å². The highest BCUT2D eigenvalue weighted by Gasteiger charge is 2.29. The van der Waals surface area contributed by atoms with Crippen molar-refractivity contribution in [3.8, 4) is 5.75 Å². The van der Waals surface area contributed by atoms with E-state index >= 15 is 0 Å². The number of ether oxygens (including phenoxy) is 1. The number of imide groups is 1. The number of pyridine rings is 1. The quantitative estimate of drug-likeness (QED) is 0.805. The number of aliphatic hydroxyl groups excluding tert-OH is 1. The van der Waals surface area contributed by atoms with Crippen LogP contribution in [0.25, 0.3) is 0 Å². The first-order chi connectivity index (χ1) is 12.5. The first-order valence-electron chi connectivity index (χ1n) is 8.34. The molecule has 1 aromatic heterocycles. The summed E-state index contributed by atoms with van der Waals surface area (Å²) in [5.74, 6) is 0.809. The molecule has 1 saturated heterocycles. The summed E-state index contributed by atoms with van der Waals surface area (Å²) in [6, 6.07) is 11.1. The molecule has 136 valence electrons. The fraction of sp³-hybridized carbons (Fsp3) is 0.316. The Morgan fingerprint density at radius 3 is 2.58 bits per heavy atom. The van der Waals surface area contributed by atoms with Gasteiger partial charge in [0.25, 0.3) is 5.24 Å². The lowest BCUT2D eigenvalue weighted by Crippen LogP contribution is -2.27. The van der Waals surface area contributed by atoms with Gasteiger partial charge in [0.2, 0.25) is 5.91 Å². The maximum atomic E-state index is 11.6. The lowest BCUT2D eigenvalue weighted by Gasteiger charge is -2.13. The SMILES string of the molecule is CC(O)c1ccc(CCOc2ccc(CN3C(=O)CSC3=O)cc2)nc1. The van der Waals surface area contributed by atoms with Crippen LogP contribution in [0.15, 0.2) is 42.6 Å². The summed E-state index contributed by atoms with van der Waals surface area (Å²) in [6.07, 6.45) is 1.82. The molecule has 1 N–H and O–H groups in total. The number of hydrogen-bond donors (Lipinski definition) is 1. The van der Waals surface area contributed by atoms with Gasteiger partial charge in [0.1, 0.15) is 5.75 Å². The van der Waals surface area contributed by atoms with Crippen molar-refractivity contribution in [1.29, 1.82) is 0 Å². The summed E-state index contributed by atoms with van der Waals surface area (Å²) < 4.78 is 5.71. The van der Waals surface area contributed by atoms with E-state index in [0.717, 1.165) is 34.3 Å². The van der Waals surface area contributed by atoms with Crippen LogP contribution in [-0.2, 0) is 17.8 Å². The van der Waals surface area contributed by atoms with Crippen LogP contribution in [0, 0.1) is 0 Å². The summed E-state index contributed by atoms with van der Waals surface area (Å²) in [5.41, 5.74) is 2.57. The zero-order valence-corrected chi connectivity index (χ0v) is 15.2. The molecule has 26 heavy (non-hydrogen) atoms. The predicted octanol–water partition coefficient (Wildman–Crippen LogP) is 2.95. The molecular weight excluding hydrogens is 352 g/mol. The van der Waals surface area contributed by atoms with Crippen LogP contribution >= 0.6 is 11.8 Å². The average Bonchev–Trinajstić information content (AvgIpc) is 2.95. The van der Waals surface area contributed by atoms with Crippen molar-refractivity contribution in [3.63, 3.8) is 0 Å². The van der Waals surface area contributed by atoms with Crippen LogP contribution in [0.4, 0.5) is 4.79 Å². The Balaban J connectivity index is 1.48. The summed E-state index contributed by atoms with van der Waals surface area (Å²) in [7, 11) is 0. The van der Waals surface area contributed by atoms with E-state index in [0.29, 0.717) is 19.6 Å². The van der Waals surface area contributed by atoms with Gasteiger partial charge in [-0.25, -0.2) is 0 Å². The largest absolute Gasteiger partial charge is 0.493 e. The fourth-order valence-electron chi connectivity index (χ4n) is 2.51. The van der Waals surface area contributed by atoms with Gasteiger partial charge in [-0.2, -0.15) is 0 Å². The van der Waals surface area contributed by atoms with Gasteiger partial charge in [-0.3, -0.25) is 19.5 Å². The van der Waals surface area contributed by atoms with Gasteiger partial charge in [0.05, 0.1) is 25.0 Å². The number of hydrogen-bond acceptors (Lipinski definition) is 6. The minimum Gasteiger partial charge on any atom is -0.493 e. The minimum atomic E-state index is -0.518. The number of aromatic nitrogens is 1. The fourth-order valence-corrected chi connectivity index (χ4v) is 3.24. The Morgan fingerprint density at radius 2 is 2.00 bits per heavy atom. The number of carbonyl (C=O) groups is 2. The van der Waals surface area contributed by atoms with Gasteiger partial charge in [-0.05, 0) is 36.2 Å². The predicted molar refractivity (Wildman–Crippen MR) is 98.9 cm³/mol. The third-order valence-electron chi connectivity index (χ3n) is 4.06. The third-order valence-corrected chi connectivity index (χ3v) is 4.92. The molecule has 1 aliphatic heterocycles. The van der Waals surface area contributed by atoms with Crippen LogP contribution < -0.4 is 4.74 Å². The van der Waals surface area contributed by atoms with Gasteiger partial charge in [0, 0.05) is 18.3 Å². The van der Waals surface area contributed by atoms with Crippen LogP contribution in [0.5, 0.6) is 5.75 Å². The molecule has 1 unspecified atom stereocenters. The standard InChI is InChI=1S/C19H20N2O4S/c1-13(22)15-4-5-16(20-10-15)8-9-25-17-6-2-14(3-7-17)11-21-18(23)12-26-19(21)24/h2-7,10,13,22H,8-9,11-12H2,1H3. The van der Waals surface area contributed by atoms with Gasteiger partial charge in [0.15, 0.2) is 0 Å². The van der Waals surface area contributed by atoms with E-state index in [1.54, 1.807) is 13.1 Å². The lowest BCUT2D eigenvalue weighted by atomic mass is 10.1. The number of benzene rings is 1. The Bertz CT molecular complexity index is 759. The van der Waals surface area contributed by atoms with Crippen LogP contribution in [0.1, 0.15) is 29.8 Å². The van der Waals surface area contributed by atoms with E-state index in [-0.39, 0.29) is 16.9 Å². The Hall–Kier alpha value is -2.38. The van der Waals surface area contributed by atoms with E-state index in [1.807, 2.05) is 36.4 Å². The minimum absolute atomic E-state index is 0.144. The maximum Gasteiger partial charge on any atom is 0.289 e. The van der Waals surface area contributed by atoms with Crippen molar-refractivity contribution < 1.29 is 19.4 Å². The highest BCUT2D eigenvalue weighted by atomic mass is 32.2. The van der Waals surface area contributed by atoms with Gasteiger partial charge < -0.3 is 9.84 Å². The smallest absolute Gasteiger partial charge is 0.289 e. The molecule has 0 bridgehead atoms. The summed E-state index contributed by atoms with van der Waals surface area (Å²) in [4.78, 5) is 28.8. The van der Waals surface area contributed by atoms with Crippen molar-refractivity contribution in [2.24, 2.45) is 0 Å². The van der Waals surface area contributed by atoms with E-state index in [9.17, 15) is 14.7 Å². The number of rotatable bonds is 7. The topological polar surface area (TPSA) is 79.7 Å². The Labute approximate surface area is 156 Å². The normalized spacial score (nSPS) is 15.4. The van der Waals surface area contributed by atoms with Crippen molar-refractivity contribution >= 4 is 22.9 Å². The first-order valence-corrected chi connectivity index (χ1v) is 9.33. The molecule has 1 fully saturated rings. The second-order valence-electron chi connectivity index (χ2n) is 6.04. The van der Waals surface area contributed by atoms with E-state index in [4.69, 9.17) is 4.74 Å². The van der Waals surface area contributed by atoms with Gasteiger partial charge in [-0.15, -0.1) is 0 Å². The van der Waals surface area contributed by atoms with Crippen LogP contribution in [-0.4, -0.2) is 38.5 Å². The summed E-state index contributed by atoms with van der Waals surface area (Å²) in [6.45, 7) is 2.49. The molecule has 2 aromatic rings. The lowest BCUT2D eigenvalue weighted by molar-refractivity contribution is -0.125. The van der Waals surface area contributed by atoms with Crippen molar-refractivity contribution in [3.05, 3.63) is 59.4 Å². The Morgan fingerprint density at radius 1 is 1.23 bits per heavy atom. The van der Waals surface area contributed by atoms with E-state index in [2.05, 4.69) is 4.98 Å². The molecule has 1 aromatic carbocycles. The highest BCUT2D eigenvalue weighted by molar-refractivity contribution is 8.14. The molecule has 0 saturated carbocycles. The number of amides is 2. The van der Waals surface area contributed by atoms with Crippen molar-refractivity contribution in [2.45, 2.75) is 26.0 Å². The molecular formula is C19H20N2O4S. The molecule has 0 radical (unpaired) electrons. The zero-order valence-electron chi connectivity index (χ0n) is 14.4. The Kier molecular flexibility index (Phi) is 5.90. The van der Waals surface area contributed by atoms with Gasteiger partial charge >= 0.3 is 0 Å². The van der Waals surface area contributed by atoms with Crippen LogP contribution in [0.2, 0.25) is 0 Å². The average molecular weight is 372 g/mol. The number of thioether (sulfide) groups is 1. The van der Waals surface area contributed by atoms with E-state index < -0.39 is 6.10 Å². The summed E-state index contributed by atoms with van der Waals surface area (Å²) >= 11 is 1.04. The first kappa shape index (κ1) is 18.4. The number of aliphatic hydroxyl groups is 1. The molecule has 1 aliphatic rings. The third kappa shape index (κ3) is 4.62. The number of carbonyl (C=O) groups excluding carboxylic acids is 2. The summed E-state index contributed by atoms with van der Waals surface area (Å²) in [5, 5.41) is 9.28. The zero-order chi connectivity index (χ0) is 18.5. The maximum absolute atomic E-state index is 11.6. The molecule has 2 amide bonds. The highest BCUT2D eigenvalue weighted by Crippen LogP contribution is 2.22. The monoisotopic (exact) mass is 372 g/mol. The second kappa shape index (κ2) is 8.33. The van der Waals surface area contributed by atoms with Crippen molar-refractivity contribution in [1.82, 2.24) is 9.88 Å². The molecule has 6 nitrogen and oxygen atoms in total.